The van der Waals surface area contributed by atoms with E-state index in [2.05, 4.69) is 11.1 Å². The fourth-order valence-electron chi connectivity index (χ4n) is 4.19. The van der Waals surface area contributed by atoms with E-state index in [1.54, 1.807) is 21.3 Å². The van der Waals surface area contributed by atoms with E-state index in [1.165, 1.54) is 7.11 Å². The summed E-state index contributed by atoms with van der Waals surface area (Å²) in [4.78, 5) is 16.0. The minimum atomic E-state index is -0.337. The lowest BCUT2D eigenvalue weighted by molar-refractivity contribution is -0.712. The molecule has 0 bridgehead atoms. The smallest absolute Gasteiger partial charge is 0.364 e. The lowest BCUT2D eigenvalue weighted by Crippen LogP contribution is -2.94. The Labute approximate surface area is 168 Å². The van der Waals surface area contributed by atoms with E-state index in [0.29, 0.717) is 23.7 Å². The Balaban J connectivity index is 1.90. The molecule has 7 nitrogen and oxygen atoms in total. The van der Waals surface area contributed by atoms with Crippen LogP contribution in [0.2, 0.25) is 0 Å². The predicted molar refractivity (Wildman–Crippen MR) is 108 cm³/mol. The van der Waals surface area contributed by atoms with Gasteiger partial charge in [-0.3, -0.25) is 0 Å². The number of aromatic amines is 1. The molecule has 0 spiro atoms. The van der Waals surface area contributed by atoms with Crippen LogP contribution in [0.3, 0.4) is 0 Å². The van der Waals surface area contributed by atoms with Gasteiger partial charge in [-0.2, -0.15) is 0 Å². The average molecular weight is 397 g/mol. The van der Waals surface area contributed by atoms with E-state index < -0.39 is 0 Å². The van der Waals surface area contributed by atoms with Gasteiger partial charge in [0.05, 0.1) is 34.1 Å². The predicted octanol–water partition coefficient (Wildman–Crippen LogP) is 1.94. The summed E-state index contributed by atoms with van der Waals surface area (Å²) in [6.45, 7) is 0. The fraction of sp³-hybridized carbons (Fsp3) is 0.318. The van der Waals surface area contributed by atoms with E-state index in [4.69, 9.17) is 18.9 Å². The number of fused-ring (bicyclic) bond motifs is 3. The molecule has 4 rings (SSSR count). The van der Waals surface area contributed by atoms with Crippen LogP contribution in [0, 0.1) is 0 Å². The largest absolute Gasteiger partial charge is 0.493 e. The maximum absolute atomic E-state index is 12.4. The molecular formula is C22H25N2O5+. The number of methoxy groups -OCH3 is 4. The number of quaternary nitrogens is 1. The second-order valence-electron chi connectivity index (χ2n) is 7.03. The minimum Gasteiger partial charge on any atom is -0.493 e. The van der Waals surface area contributed by atoms with Crippen LogP contribution in [0.4, 0.5) is 0 Å². The second-order valence-corrected chi connectivity index (χ2v) is 7.03. The highest BCUT2D eigenvalue weighted by molar-refractivity contribution is 5.86. The van der Waals surface area contributed by atoms with Gasteiger partial charge in [0.15, 0.2) is 23.6 Å². The van der Waals surface area contributed by atoms with E-state index in [1.807, 2.05) is 35.6 Å². The van der Waals surface area contributed by atoms with E-state index in [9.17, 15) is 4.79 Å². The van der Waals surface area contributed by atoms with Crippen LogP contribution in [0.1, 0.15) is 22.9 Å². The quantitative estimate of drug-likeness (QED) is 0.643. The maximum Gasteiger partial charge on any atom is 0.364 e. The number of H-pyrrole nitrogens is 1. The number of ether oxygens (including phenoxy) is 4. The second kappa shape index (κ2) is 7.67. The SMILES string of the molecule is COC(=O)[C@@H]1Cc2c([nH]c3ccccc23)[C@@H](c2cc(OC)c(OC)c(OC)c2)[NH2+]1. The first-order chi connectivity index (χ1) is 14.1. The number of carbonyl (C=O) groups excluding carboxylic acids is 1. The third-order valence-corrected chi connectivity index (χ3v) is 5.56. The number of hydrogen-bond donors (Lipinski definition) is 2. The van der Waals surface area contributed by atoms with E-state index >= 15 is 0 Å². The topological polar surface area (TPSA) is 86.4 Å². The van der Waals surface area contributed by atoms with E-state index in [-0.39, 0.29) is 18.1 Å². The van der Waals surface area contributed by atoms with Crippen molar-refractivity contribution in [3.63, 3.8) is 0 Å². The van der Waals surface area contributed by atoms with Crippen LogP contribution in [-0.4, -0.2) is 45.4 Å². The summed E-state index contributed by atoms with van der Waals surface area (Å²) in [6.07, 6.45) is 0.604. The molecule has 0 fully saturated rings. The molecule has 29 heavy (non-hydrogen) atoms. The molecule has 1 aliphatic rings. The molecule has 2 atom stereocenters. The first-order valence-corrected chi connectivity index (χ1v) is 9.43. The van der Waals surface area contributed by atoms with Crippen LogP contribution >= 0.6 is 0 Å². The van der Waals surface area contributed by atoms with Gasteiger partial charge >= 0.3 is 5.97 Å². The van der Waals surface area contributed by atoms with Gasteiger partial charge in [0.1, 0.15) is 0 Å². The molecule has 0 radical (unpaired) electrons. The highest BCUT2D eigenvalue weighted by atomic mass is 16.5. The maximum atomic E-state index is 12.4. The number of benzene rings is 2. The Morgan fingerprint density at radius 3 is 2.34 bits per heavy atom. The number of aromatic nitrogens is 1. The minimum absolute atomic E-state index is 0.149. The molecule has 152 valence electrons. The van der Waals surface area contributed by atoms with Crippen LogP contribution in [0.5, 0.6) is 17.2 Å². The van der Waals surface area contributed by atoms with Gasteiger partial charge in [-0.15, -0.1) is 0 Å². The monoisotopic (exact) mass is 397 g/mol. The molecule has 3 N–H and O–H groups in total. The highest BCUT2D eigenvalue weighted by Gasteiger charge is 2.39. The van der Waals surface area contributed by atoms with Crippen molar-refractivity contribution in [2.75, 3.05) is 28.4 Å². The van der Waals surface area contributed by atoms with Gasteiger partial charge < -0.3 is 29.2 Å². The Morgan fingerprint density at radius 2 is 1.72 bits per heavy atom. The fourth-order valence-corrected chi connectivity index (χ4v) is 4.19. The number of hydrogen-bond acceptors (Lipinski definition) is 5. The van der Waals surface area contributed by atoms with Gasteiger partial charge in [0.2, 0.25) is 5.75 Å². The Morgan fingerprint density at radius 1 is 1.03 bits per heavy atom. The number of carbonyl (C=O) groups is 1. The number of nitrogens with one attached hydrogen (secondary N) is 1. The van der Waals surface area contributed by atoms with Crippen molar-refractivity contribution < 1.29 is 29.1 Å². The normalized spacial score (nSPS) is 18.2. The standard InChI is InChI=1S/C22H24N2O5/c1-26-17-9-12(10-18(27-2)21(17)28-3)19-20-14(11-16(24-19)22(25)29-4)13-7-5-6-8-15(13)23-20/h5-10,16,19,23-24H,11H2,1-4H3/p+1/t16-,19+/m0/s1. The third kappa shape index (κ3) is 3.17. The number of rotatable bonds is 5. The molecule has 0 saturated carbocycles. The number of para-hydroxylation sites is 1. The van der Waals surface area contributed by atoms with Crippen molar-refractivity contribution in [3.05, 3.63) is 53.2 Å². The van der Waals surface area contributed by atoms with Crippen molar-refractivity contribution in [3.8, 4) is 17.2 Å². The van der Waals surface area contributed by atoms with Gasteiger partial charge in [0.25, 0.3) is 0 Å². The molecule has 3 aromatic rings. The van der Waals surface area contributed by atoms with Crippen LogP contribution in [-0.2, 0) is 16.0 Å². The molecule has 7 heteroatoms. The zero-order chi connectivity index (χ0) is 20.5. The lowest BCUT2D eigenvalue weighted by Gasteiger charge is -2.27. The average Bonchev–Trinajstić information content (AvgIpc) is 3.15. The summed E-state index contributed by atoms with van der Waals surface area (Å²) in [6, 6.07) is 11.5. The summed E-state index contributed by atoms with van der Waals surface area (Å²) in [5.41, 5.74) is 4.20. The summed E-state index contributed by atoms with van der Waals surface area (Å²) < 4.78 is 21.6. The molecule has 1 aromatic heterocycles. The van der Waals surface area contributed by atoms with Crippen LogP contribution < -0.4 is 19.5 Å². The van der Waals surface area contributed by atoms with Gasteiger partial charge in [0, 0.05) is 22.9 Å². The first kappa shape index (κ1) is 19.1. The van der Waals surface area contributed by atoms with Crippen molar-refractivity contribution >= 4 is 16.9 Å². The summed E-state index contributed by atoms with van der Waals surface area (Å²) in [7, 11) is 6.19. The molecule has 0 unspecified atom stereocenters. The summed E-state index contributed by atoms with van der Waals surface area (Å²) in [5, 5.41) is 3.16. The Hall–Kier alpha value is -3.19. The lowest BCUT2D eigenvalue weighted by atomic mass is 9.90. The van der Waals surface area contributed by atoms with Gasteiger partial charge in [-0.05, 0) is 23.8 Å². The van der Waals surface area contributed by atoms with Crippen molar-refractivity contribution in [2.45, 2.75) is 18.5 Å². The van der Waals surface area contributed by atoms with Crippen molar-refractivity contribution in [1.82, 2.24) is 4.98 Å². The molecule has 2 aromatic carbocycles. The highest BCUT2D eigenvalue weighted by Crippen LogP contribution is 2.41. The third-order valence-electron chi connectivity index (χ3n) is 5.56. The van der Waals surface area contributed by atoms with Crippen molar-refractivity contribution in [1.29, 1.82) is 0 Å². The molecule has 0 amide bonds. The number of nitrogens with two attached hydrogens (primary N) is 1. The zero-order valence-electron chi connectivity index (χ0n) is 16.9. The van der Waals surface area contributed by atoms with Gasteiger partial charge in [-0.25, -0.2) is 4.79 Å². The van der Waals surface area contributed by atoms with E-state index in [0.717, 1.165) is 27.7 Å². The summed E-state index contributed by atoms with van der Waals surface area (Å²) >= 11 is 0. The van der Waals surface area contributed by atoms with Crippen molar-refractivity contribution in [2.24, 2.45) is 0 Å². The molecule has 0 aliphatic carbocycles. The number of esters is 1. The Bertz CT molecular complexity index is 1030. The molecule has 1 aliphatic heterocycles. The van der Waals surface area contributed by atoms with Gasteiger partial charge in [-0.1, -0.05) is 18.2 Å². The Kier molecular flexibility index (Phi) is 5.07. The zero-order valence-corrected chi connectivity index (χ0v) is 16.9. The molecule has 2 heterocycles. The molecule has 0 saturated heterocycles. The first-order valence-electron chi connectivity index (χ1n) is 9.43. The van der Waals surface area contributed by atoms with Crippen LogP contribution in [0.25, 0.3) is 10.9 Å². The van der Waals surface area contributed by atoms with Crippen LogP contribution in [0.15, 0.2) is 36.4 Å². The summed E-state index contributed by atoms with van der Waals surface area (Å²) in [5.74, 6) is 1.45. The molecular weight excluding hydrogens is 372 g/mol.